The number of methoxy groups -OCH3 is 1. The number of ether oxygens (including phenoxy) is 1. The van der Waals surface area contributed by atoms with Gasteiger partial charge in [-0.15, -0.1) is 0 Å². The van der Waals surface area contributed by atoms with Gasteiger partial charge in [0, 0.05) is 0 Å². The van der Waals surface area contributed by atoms with E-state index in [-0.39, 0.29) is 16.3 Å². The van der Waals surface area contributed by atoms with Gasteiger partial charge < -0.3 is 10.1 Å². The van der Waals surface area contributed by atoms with Crippen LogP contribution in [0.1, 0.15) is 0 Å². The second-order valence-electron chi connectivity index (χ2n) is 6.14. The molecule has 0 aliphatic rings. The number of nitrogens with zero attached hydrogens (tertiary/aromatic N) is 1. The van der Waals surface area contributed by atoms with E-state index < -0.39 is 39.8 Å². The Bertz CT molecular complexity index is 1130. The predicted molar refractivity (Wildman–Crippen MR) is 109 cm³/mol. The molecule has 0 radical (unpaired) electrons. The van der Waals surface area contributed by atoms with E-state index in [2.05, 4.69) is 5.32 Å². The lowest BCUT2D eigenvalue weighted by Crippen LogP contribution is -2.38. The maximum atomic E-state index is 13.9. The fourth-order valence-electron chi connectivity index (χ4n) is 2.78. The van der Waals surface area contributed by atoms with E-state index in [1.165, 1.54) is 31.4 Å². The van der Waals surface area contributed by atoms with Crippen molar-refractivity contribution in [1.82, 2.24) is 0 Å². The second-order valence-corrected chi connectivity index (χ2v) is 8.00. The third kappa shape index (κ3) is 4.41. The van der Waals surface area contributed by atoms with Gasteiger partial charge in [-0.1, -0.05) is 36.4 Å². The number of nitrogens with one attached hydrogen (secondary N) is 1. The summed E-state index contributed by atoms with van der Waals surface area (Å²) in [7, 11) is -2.83. The van der Waals surface area contributed by atoms with Crippen LogP contribution >= 0.6 is 0 Å². The molecule has 0 fully saturated rings. The predicted octanol–water partition coefficient (Wildman–Crippen LogP) is 3.81. The zero-order chi connectivity index (χ0) is 21.7. The Morgan fingerprint density at radius 1 is 0.933 bits per heavy atom. The maximum Gasteiger partial charge on any atom is 0.264 e. The van der Waals surface area contributed by atoms with Gasteiger partial charge in [0.15, 0.2) is 0 Å². The SMILES string of the molecule is COc1ccccc1N(CC(=O)Nc1c(F)cccc1F)S(=O)(=O)c1ccccc1. The van der Waals surface area contributed by atoms with Crippen molar-refractivity contribution in [3.05, 3.63) is 84.4 Å². The normalized spacial score (nSPS) is 11.0. The van der Waals surface area contributed by atoms with Gasteiger partial charge >= 0.3 is 0 Å². The van der Waals surface area contributed by atoms with E-state index in [0.29, 0.717) is 0 Å². The Hall–Kier alpha value is -3.46. The lowest BCUT2D eigenvalue weighted by molar-refractivity contribution is -0.114. The van der Waals surface area contributed by atoms with E-state index in [0.717, 1.165) is 22.5 Å². The van der Waals surface area contributed by atoms with Crippen LogP contribution < -0.4 is 14.4 Å². The van der Waals surface area contributed by atoms with Gasteiger partial charge in [0.25, 0.3) is 10.0 Å². The first kappa shape index (κ1) is 21.3. The second kappa shape index (κ2) is 8.91. The summed E-state index contributed by atoms with van der Waals surface area (Å²) in [6, 6.07) is 16.9. The van der Waals surface area contributed by atoms with Crippen LogP contribution in [0.15, 0.2) is 77.7 Å². The Morgan fingerprint density at radius 3 is 2.17 bits per heavy atom. The minimum absolute atomic E-state index is 0.0548. The number of halogens is 2. The van der Waals surface area contributed by atoms with E-state index >= 15 is 0 Å². The van der Waals surface area contributed by atoms with Crippen molar-refractivity contribution in [2.75, 3.05) is 23.3 Å². The van der Waals surface area contributed by atoms with Crippen molar-refractivity contribution in [2.45, 2.75) is 4.90 Å². The highest BCUT2D eigenvalue weighted by Gasteiger charge is 2.29. The smallest absolute Gasteiger partial charge is 0.264 e. The van der Waals surface area contributed by atoms with E-state index in [4.69, 9.17) is 4.74 Å². The molecule has 3 aromatic rings. The number of hydrogen-bond acceptors (Lipinski definition) is 4. The van der Waals surface area contributed by atoms with E-state index in [1.54, 1.807) is 30.3 Å². The molecule has 0 unspecified atom stereocenters. The molecule has 0 spiro atoms. The number of carbonyl (C=O) groups excluding carboxylic acids is 1. The molecule has 0 saturated carbocycles. The highest BCUT2D eigenvalue weighted by Crippen LogP contribution is 2.32. The van der Waals surface area contributed by atoms with Gasteiger partial charge in [0.1, 0.15) is 29.6 Å². The number of rotatable bonds is 7. The third-order valence-electron chi connectivity index (χ3n) is 4.20. The average Bonchev–Trinajstić information content (AvgIpc) is 2.75. The first-order chi connectivity index (χ1) is 14.3. The number of carbonyl (C=O) groups is 1. The Morgan fingerprint density at radius 2 is 1.53 bits per heavy atom. The number of anilines is 2. The van der Waals surface area contributed by atoms with Gasteiger partial charge in [0.05, 0.1) is 17.7 Å². The van der Waals surface area contributed by atoms with Crippen molar-refractivity contribution in [2.24, 2.45) is 0 Å². The molecule has 0 aliphatic heterocycles. The Labute approximate surface area is 172 Å². The topological polar surface area (TPSA) is 75.7 Å². The molecule has 0 aromatic heterocycles. The number of benzene rings is 3. The summed E-state index contributed by atoms with van der Waals surface area (Å²) in [6.45, 7) is -0.731. The summed E-state index contributed by atoms with van der Waals surface area (Å²) in [4.78, 5) is 12.5. The zero-order valence-corrected chi connectivity index (χ0v) is 16.7. The van der Waals surface area contributed by atoms with Gasteiger partial charge in [0.2, 0.25) is 5.91 Å². The lowest BCUT2D eigenvalue weighted by Gasteiger charge is -2.25. The summed E-state index contributed by atoms with van der Waals surface area (Å²) >= 11 is 0. The number of hydrogen-bond donors (Lipinski definition) is 1. The molecule has 1 amide bonds. The first-order valence-corrected chi connectivity index (χ1v) is 10.2. The Balaban J connectivity index is 2.01. The molecule has 6 nitrogen and oxygen atoms in total. The molecule has 9 heteroatoms. The minimum Gasteiger partial charge on any atom is -0.495 e. The maximum absolute atomic E-state index is 13.9. The third-order valence-corrected chi connectivity index (χ3v) is 5.97. The molecule has 0 aliphatic carbocycles. The first-order valence-electron chi connectivity index (χ1n) is 8.79. The molecule has 156 valence electrons. The molecular formula is C21H18F2N2O4S. The highest BCUT2D eigenvalue weighted by molar-refractivity contribution is 7.92. The number of para-hydroxylation sites is 3. The molecule has 0 bridgehead atoms. The fraction of sp³-hybridized carbons (Fsp3) is 0.0952. The monoisotopic (exact) mass is 432 g/mol. The van der Waals surface area contributed by atoms with Crippen LogP contribution in [0.2, 0.25) is 0 Å². The van der Waals surface area contributed by atoms with Crippen LogP contribution in [0.4, 0.5) is 20.2 Å². The van der Waals surface area contributed by atoms with Crippen molar-refractivity contribution in [3.8, 4) is 5.75 Å². The van der Waals surface area contributed by atoms with Crippen LogP contribution in [0.25, 0.3) is 0 Å². The average molecular weight is 432 g/mol. The van der Waals surface area contributed by atoms with Crippen LogP contribution in [-0.2, 0) is 14.8 Å². The molecule has 30 heavy (non-hydrogen) atoms. The summed E-state index contributed by atoms with van der Waals surface area (Å²) in [6.07, 6.45) is 0. The highest BCUT2D eigenvalue weighted by atomic mass is 32.2. The van der Waals surface area contributed by atoms with Crippen LogP contribution in [-0.4, -0.2) is 28.0 Å². The summed E-state index contributed by atoms with van der Waals surface area (Å²) in [5, 5.41) is 2.10. The van der Waals surface area contributed by atoms with Crippen molar-refractivity contribution >= 4 is 27.3 Å². The van der Waals surface area contributed by atoms with Crippen molar-refractivity contribution in [1.29, 1.82) is 0 Å². The molecule has 3 aromatic carbocycles. The fourth-order valence-corrected chi connectivity index (χ4v) is 4.23. The van der Waals surface area contributed by atoms with Gasteiger partial charge in [-0.3, -0.25) is 9.10 Å². The minimum atomic E-state index is -4.19. The lowest BCUT2D eigenvalue weighted by atomic mass is 10.2. The summed E-state index contributed by atoms with van der Waals surface area (Å²) in [5.74, 6) is -2.66. The molecule has 0 atom stereocenters. The zero-order valence-electron chi connectivity index (χ0n) is 15.9. The quantitative estimate of drug-likeness (QED) is 0.616. The molecule has 0 heterocycles. The van der Waals surface area contributed by atoms with E-state index in [1.807, 2.05) is 0 Å². The van der Waals surface area contributed by atoms with Crippen molar-refractivity contribution < 1.29 is 26.7 Å². The molecule has 1 N–H and O–H groups in total. The molecule has 3 rings (SSSR count). The van der Waals surface area contributed by atoms with Gasteiger partial charge in [-0.2, -0.15) is 0 Å². The Kier molecular flexibility index (Phi) is 6.31. The molecular weight excluding hydrogens is 414 g/mol. The van der Waals surface area contributed by atoms with Crippen LogP contribution in [0.3, 0.4) is 0 Å². The number of amides is 1. The summed E-state index contributed by atoms with van der Waals surface area (Å²) < 4.78 is 60.4. The van der Waals surface area contributed by atoms with Gasteiger partial charge in [-0.05, 0) is 36.4 Å². The van der Waals surface area contributed by atoms with Gasteiger partial charge in [-0.25, -0.2) is 17.2 Å². The number of sulfonamides is 1. The summed E-state index contributed by atoms with van der Waals surface area (Å²) in [5.41, 5.74) is -0.549. The van der Waals surface area contributed by atoms with Crippen LogP contribution in [0, 0.1) is 11.6 Å². The van der Waals surface area contributed by atoms with Crippen LogP contribution in [0.5, 0.6) is 5.75 Å². The molecule has 0 saturated heterocycles. The standard InChI is InChI=1S/C21H18F2N2O4S/c1-29-19-13-6-5-12-18(19)25(30(27,28)15-8-3-2-4-9-15)14-20(26)24-21-16(22)10-7-11-17(21)23/h2-13H,14H2,1H3,(H,24,26). The van der Waals surface area contributed by atoms with E-state index in [9.17, 15) is 22.0 Å². The van der Waals surface area contributed by atoms with Crippen molar-refractivity contribution in [3.63, 3.8) is 0 Å². The largest absolute Gasteiger partial charge is 0.495 e.